The van der Waals surface area contributed by atoms with Crippen LogP contribution in [0.1, 0.15) is 12.0 Å². The second-order valence-electron chi connectivity index (χ2n) is 2.71. The van der Waals surface area contributed by atoms with E-state index in [2.05, 4.69) is 14.5 Å². The van der Waals surface area contributed by atoms with Gasteiger partial charge in [0.15, 0.2) is 0 Å². The van der Waals surface area contributed by atoms with Crippen molar-refractivity contribution in [2.24, 2.45) is 0 Å². The molecule has 1 rings (SSSR count). The molecule has 0 radical (unpaired) electrons. The minimum Gasteiger partial charge on any atom is -0.481 e. The number of nitrogens with zero attached hydrogens (tertiary/aromatic N) is 1. The lowest BCUT2D eigenvalue weighted by atomic mass is 10.3. The van der Waals surface area contributed by atoms with E-state index in [1.807, 2.05) is 0 Å². The Kier molecular flexibility index (Phi) is 3.97. The molecule has 3 nitrogen and oxygen atoms in total. The van der Waals surface area contributed by atoms with Crippen molar-refractivity contribution in [3.8, 4) is 11.8 Å². The van der Waals surface area contributed by atoms with Crippen molar-refractivity contribution in [1.29, 1.82) is 0 Å². The van der Waals surface area contributed by atoms with Crippen molar-refractivity contribution < 1.29 is 31.4 Å². The van der Waals surface area contributed by atoms with Crippen LogP contribution < -0.4 is 9.47 Å². The molecule has 0 unspecified atom stereocenters. The molecule has 1 aromatic rings. The summed E-state index contributed by atoms with van der Waals surface area (Å²) in [6, 6.07) is 0.541. The van der Waals surface area contributed by atoms with Crippen LogP contribution in [0, 0.1) is 0 Å². The van der Waals surface area contributed by atoms with Gasteiger partial charge in [-0.1, -0.05) is 11.6 Å². The van der Waals surface area contributed by atoms with Crippen LogP contribution in [-0.4, -0.2) is 18.5 Å². The molecule has 0 aromatic carbocycles. The summed E-state index contributed by atoms with van der Waals surface area (Å²) in [7, 11) is 0.974. The third-order valence-electron chi connectivity index (χ3n) is 1.58. The lowest BCUT2D eigenvalue weighted by Crippen LogP contribution is -2.18. The Balaban J connectivity index is 3.18. The smallest absolute Gasteiger partial charge is 0.481 e. The summed E-state index contributed by atoms with van der Waals surface area (Å²) < 4.78 is 68.4. The first kappa shape index (κ1) is 13.8. The molecule has 0 atom stereocenters. The molecule has 0 aliphatic heterocycles. The van der Waals surface area contributed by atoms with Gasteiger partial charge >= 0.3 is 6.36 Å². The van der Waals surface area contributed by atoms with E-state index >= 15 is 0 Å². The minimum atomic E-state index is -4.99. The van der Waals surface area contributed by atoms with Gasteiger partial charge in [-0.2, -0.15) is 4.98 Å². The Morgan fingerprint density at radius 2 is 1.94 bits per heavy atom. The summed E-state index contributed by atoms with van der Waals surface area (Å²) in [4.78, 5) is 3.13. The molecule has 96 valence electrons. The average molecular weight is 278 g/mol. The summed E-state index contributed by atoms with van der Waals surface area (Å²) in [6.07, 6.45) is -8.02. The molecule has 0 fully saturated rings. The quantitative estimate of drug-likeness (QED) is 0.791. The van der Waals surface area contributed by atoms with Crippen molar-refractivity contribution in [3.05, 3.63) is 16.7 Å². The number of pyridine rings is 1. The van der Waals surface area contributed by atoms with Gasteiger partial charge in [-0.25, -0.2) is 8.78 Å². The van der Waals surface area contributed by atoms with Crippen molar-refractivity contribution in [2.75, 3.05) is 7.11 Å². The molecule has 0 saturated heterocycles. The standard InChI is InChI=1S/C8H5ClF5NO2/c1-16-7-5(6(10)11)3(9)2-4(15-7)17-8(12,13)14/h2,6H,1H3. The Morgan fingerprint density at radius 1 is 1.35 bits per heavy atom. The van der Waals surface area contributed by atoms with Gasteiger partial charge in [0, 0.05) is 6.07 Å². The van der Waals surface area contributed by atoms with Crippen LogP contribution >= 0.6 is 11.6 Å². The number of aromatic nitrogens is 1. The molecule has 1 heterocycles. The monoisotopic (exact) mass is 277 g/mol. The van der Waals surface area contributed by atoms with E-state index in [0.717, 1.165) is 7.11 Å². The first-order valence-corrected chi connectivity index (χ1v) is 4.40. The molecule has 0 N–H and O–H groups in total. The molecule has 17 heavy (non-hydrogen) atoms. The van der Waals surface area contributed by atoms with E-state index in [1.165, 1.54) is 0 Å². The Hall–Kier alpha value is -1.31. The fourth-order valence-electron chi connectivity index (χ4n) is 1.00. The highest BCUT2D eigenvalue weighted by molar-refractivity contribution is 6.31. The van der Waals surface area contributed by atoms with Gasteiger partial charge in [0.2, 0.25) is 11.8 Å². The number of methoxy groups -OCH3 is 1. The van der Waals surface area contributed by atoms with Gasteiger partial charge in [0.25, 0.3) is 6.43 Å². The van der Waals surface area contributed by atoms with Gasteiger partial charge in [0.05, 0.1) is 17.7 Å². The normalized spacial score (nSPS) is 11.8. The number of alkyl halides is 5. The van der Waals surface area contributed by atoms with Gasteiger partial charge in [-0.3, -0.25) is 0 Å². The molecular formula is C8H5ClF5NO2. The predicted octanol–water partition coefficient (Wildman–Crippen LogP) is 3.58. The molecule has 0 aliphatic rings. The number of hydrogen-bond donors (Lipinski definition) is 0. The number of rotatable bonds is 3. The second-order valence-corrected chi connectivity index (χ2v) is 3.12. The molecule has 0 saturated carbocycles. The molecule has 0 bridgehead atoms. The highest BCUT2D eigenvalue weighted by Crippen LogP contribution is 2.37. The van der Waals surface area contributed by atoms with Gasteiger partial charge in [-0.05, 0) is 0 Å². The van der Waals surface area contributed by atoms with E-state index in [4.69, 9.17) is 11.6 Å². The highest BCUT2D eigenvalue weighted by Gasteiger charge is 2.33. The maximum atomic E-state index is 12.5. The van der Waals surface area contributed by atoms with Crippen molar-refractivity contribution >= 4 is 11.6 Å². The Labute approximate surface area is 97.1 Å². The number of halogens is 6. The molecule has 9 heteroatoms. The maximum absolute atomic E-state index is 12.5. The largest absolute Gasteiger partial charge is 0.574 e. The van der Waals surface area contributed by atoms with Crippen LogP contribution in [0.2, 0.25) is 5.02 Å². The fraction of sp³-hybridized carbons (Fsp3) is 0.375. The van der Waals surface area contributed by atoms with Gasteiger partial charge < -0.3 is 9.47 Å². The first-order valence-electron chi connectivity index (χ1n) is 4.03. The lowest BCUT2D eigenvalue weighted by molar-refractivity contribution is -0.276. The zero-order valence-corrected chi connectivity index (χ0v) is 8.94. The van der Waals surface area contributed by atoms with E-state index in [0.29, 0.717) is 6.07 Å². The summed E-state index contributed by atoms with van der Waals surface area (Å²) >= 11 is 5.39. The molecule has 0 spiro atoms. The maximum Gasteiger partial charge on any atom is 0.574 e. The second kappa shape index (κ2) is 4.91. The number of ether oxygens (including phenoxy) is 2. The Bertz CT molecular complexity index is 410. The zero-order chi connectivity index (χ0) is 13.2. The van der Waals surface area contributed by atoms with Crippen molar-refractivity contribution in [3.63, 3.8) is 0 Å². The fourth-order valence-corrected chi connectivity index (χ4v) is 1.26. The van der Waals surface area contributed by atoms with E-state index in [-0.39, 0.29) is 0 Å². The topological polar surface area (TPSA) is 31.4 Å². The highest BCUT2D eigenvalue weighted by atomic mass is 35.5. The van der Waals surface area contributed by atoms with E-state index < -0.39 is 35.1 Å². The summed E-state index contributed by atoms with van der Waals surface area (Å²) in [5.41, 5.74) is -0.788. The van der Waals surface area contributed by atoms with E-state index in [9.17, 15) is 22.0 Å². The van der Waals surface area contributed by atoms with Gasteiger partial charge in [-0.15, -0.1) is 13.2 Å². The number of hydrogen-bond acceptors (Lipinski definition) is 3. The van der Waals surface area contributed by atoms with Crippen molar-refractivity contribution in [1.82, 2.24) is 4.98 Å². The summed E-state index contributed by atoms with van der Waals surface area (Å²) in [5.74, 6) is -1.68. The van der Waals surface area contributed by atoms with Crippen LogP contribution in [0.25, 0.3) is 0 Å². The molecule has 0 amide bonds. The SMILES string of the molecule is COc1nc(OC(F)(F)F)cc(Cl)c1C(F)F. The van der Waals surface area contributed by atoms with Gasteiger partial charge in [0.1, 0.15) is 0 Å². The third-order valence-corrected chi connectivity index (χ3v) is 1.89. The molecule has 0 aliphatic carbocycles. The first-order chi connectivity index (χ1) is 7.74. The average Bonchev–Trinajstić information content (AvgIpc) is 2.12. The van der Waals surface area contributed by atoms with E-state index in [1.54, 1.807) is 0 Å². The lowest BCUT2D eigenvalue weighted by Gasteiger charge is -2.12. The molecular weight excluding hydrogens is 273 g/mol. The molecule has 1 aromatic heterocycles. The minimum absolute atomic E-state index is 0.541. The van der Waals surface area contributed by atoms with Crippen LogP contribution in [0.5, 0.6) is 11.8 Å². The van der Waals surface area contributed by atoms with Crippen LogP contribution in [0.3, 0.4) is 0 Å². The Morgan fingerprint density at radius 3 is 2.35 bits per heavy atom. The van der Waals surface area contributed by atoms with Crippen LogP contribution in [0.15, 0.2) is 6.07 Å². The predicted molar refractivity (Wildman–Crippen MR) is 47.4 cm³/mol. The van der Waals surface area contributed by atoms with Crippen molar-refractivity contribution in [2.45, 2.75) is 12.8 Å². The summed E-state index contributed by atoms with van der Waals surface area (Å²) in [5, 5.41) is -0.619. The van der Waals surface area contributed by atoms with Crippen LogP contribution in [0.4, 0.5) is 22.0 Å². The van der Waals surface area contributed by atoms with Crippen LogP contribution in [-0.2, 0) is 0 Å². The summed E-state index contributed by atoms with van der Waals surface area (Å²) in [6.45, 7) is 0. The zero-order valence-electron chi connectivity index (χ0n) is 8.19. The third kappa shape index (κ3) is 3.58.